The van der Waals surface area contributed by atoms with E-state index in [1.54, 1.807) is 49.4 Å². The van der Waals surface area contributed by atoms with Gasteiger partial charge in [-0.2, -0.15) is 0 Å². The van der Waals surface area contributed by atoms with Crippen LogP contribution in [0.4, 0.5) is 5.69 Å². The second-order valence-electron chi connectivity index (χ2n) is 10.3. The summed E-state index contributed by atoms with van der Waals surface area (Å²) in [6.07, 6.45) is 5.17. The molecule has 0 aliphatic heterocycles. The average Bonchev–Trinajstić information content (AvgIpc) is 2.96. The van der Waals surface area contributed by atoms with Gasteiger partial charge >= 0.3 is 0 Å². The van der Waals surface area contributed by atoms with Gasteiger partial charge in [0.05, 0.1) is 10.6 Å². The Morgan fingerprint density at radius 2 is 1.62 bits per heavy atom. The highest BCUT2D eigenvalue weighted by atomic mass is 79.9. The maximum Gasteiger partial charge on any atom is 0.264 e. The van der Waals surface area contributed by atoms with Crippen LogP contribution in [0.1, 0.15) is 50.2 Å². The summed E-state index contributed by atoms with van der Waals surface area (Å²) in [6, 6.07) is 21.9. The quantitative estimate of drug-likeness (QED) is 0.308. The molecular formula is C31H36BrN3O4S. The minimum atomic E-state index is -4.08. The van der Waals surface area contributed by atoms with Crippen molar-refractivity contribution >= 4 is 43.5 Å². The summed E-state index contributed by atoms with van der Waals surface area (Å²) in [5.41, 5.74) is 2.23. The van der Waals surface area contributed by atoms with E-state index in [0.29, 0.717) is 10.2 Å². The van der Waals surface area contributed by atoms with Crippen LogP contribution >= 0.6 is 15.9 Å². The zero-order chi connectivity index (χ0) is 28.7. The average molecular weight is 627 g/mol. The van der Waals surface area contributed by atoms with Crippen LogP contribution in [0.2, 0.25) is 0 Å². The van der Waals surface area contributed by atoms with Gasteiger partial charge < -0.3 is 10.2 Å². The number of halogens is 1. The molecule has 0 bridgehead atoms. The molecule has 0 unspecified atom stereocenters. The van der Waals surface area contributed by atoms with Gasteiger partial charge in [-0.15, -0.1) is 0 Å². The molecule has 0 saturated heterocycles. The molecule has 212 valence electrons. The summed E-state index contributed by atoms with van der Waals surface area (Å²) in [5, 5.41) is 3.13. The molecule has 3 aromatic carbocycles. The Bertz CT molecular complexity index is 1430. The van der Waals surface area contributed by atoms with E-state index in [9.17, 15) is 18.0 Å². The van der Waals surface area contributed by atoms with Gasteiger partial charge in [-0.1, -0.05) is 83.7 Å². The smallest absolute Gasteiger partial charge is 0.264 e. The van der Waals surface area contributed by atoms with Gasteiger partial charge in [0.2, 0.25) is 11.8 Å². The molecule has 4 rings (SSSR count). The normalized spacial score (nSPS) is 14.8. The molecule has 2 amide bonds. The number of anilines is 1. The van der Waals surface area contributed by atoms with Crippen molar-refractivity contribution in [3.8, 4) is 0 Å². The lowest BCUT2D eigenvalue weighted by atomic mass is 9.95. The topological polar surface area (TPSA) is 86.8 Å². The number of sulfonamides is 1. The van der Waals surface area contributed by atoms with Crippen LogP contribution in [0.15, 0.2) is 88.2 Å². The Labute approximate surface area is 245 Å². The Morgan fingerprint density at radius 1 is 0.950 bits per heavy atom. The number of rotatable bonds is 10. The molecule has 1 fully saturated rings. The molecule has 1 atom stereocenters. The largest absolute Gasteiger partial charge is 0.352 e. The van der Waals surface area contributed by atoms with E-state index in [4.69, 9.17) is 0 Å². The molecule has 1 aliphatic rings. The lowest BCUT2D eigenvalue weighted by Gasteiger charge is -2.33. The SMILES string of the molecule is Cc1ccccc1CN(C(=O)CN(c1cccc(Br)c1)S(=O)(=O)c1ccccc1)[C@@H](C)C(=O)NC1CCCCC1. The highest BCUT2D eigenvalue weighted by molar-refractivity contribution is 9.10. The second-order valence-corrected chi connectivity index (χ2v) is 13.1. The highest BCUT2D eigenvalue weighted by Crippen LogP contribution is 2.27. The lowest BCUT2D eigenvalue weighted by Crippen LogP contribution is -2.53. The van der Waals surface area contributed by atoms with Crippen LogP contribution in [-0.2, 0) is 26.2 Å². The van der Waals surface area contributed by atoms with Crippen molar-refractivity contribution in [3.05, 3.63) is 94.5 Å². The number of aryl methyl sites for hydroxylation is 1. The van der Waals surface area contributed by atoms with Crippen molar-refractivity contribution in [2.75, 3.05) is 10.8 Å². The van der Waals surface area contributed by atoms with Crippen LogP contribution in [0.25, 0.3) is 0 Å². The van der Waals surface area contributed by atoms with Crippen molar-refractivity contribution in [1.29, 1.82) is 0 Å². The number of hydrogen-bond acceptors (Lipinski definition) is 4. The summed E-state index contributed by atoms with van der Waals surface area (Å²) in [5.74, 6) is -0.692. The molecule has 1 aliphatic carbocycles. The van der Waals surface area contributed by atoms with Crippen LogP contribution < -0.4 is 9.62 Å². The van der Waals surface area contributed by atoms with E-state index in [-0.39, 0.29) is 23.4 Å². The third-order valence-corrected chi connectivity index (χ3v) is 9.71. The predicted octanol–water partition coefficient (Wildman–Crippen LogP) is 5.82. The first kappa shape index (κ1) is 29.8. The molecule has 1 N–H and O–H groups in total. The molecule has 0 spiro atoms. The minimum Gasteiger partial charge on any atom is -0.352 e. The fourth-order valence-electron chi connectivity index (χ4n) is 5.00. The summed E-state index contributed by atoms with van der Waals surface area (Å²) < 4.78 is 29.5. The van der Waals surface area contributed by atoms with Gasteiger partial charge in [0.15, 0.2) is 0 Å². The Morgan fingerprint density at radius 3 is 2.30 bits per heavy atom. The molecule has 0 aromatic heterocycles. The first-order valence-corrected chi connectivity index (χ1v) is 15.9. The van der Waals surface area contributed by atoms with E-state index in [0.717, 1.165) is 41.1 Å². The second kappa shape index (κ2) is 13.5. The van der Waals surface area contributed by atoms with E-state index in [1.807, 2.05) is 31.2 Å². The molecule has 7 nitrogen and oxygen atoms in total. The van der Waals surface area contributed by atoms with E-state index in [2.05, 4.69) is 21.2 Å². The van der Waals surface area contributed by atoms with E-state index < -0.39 is 28.5 Å². The van der Waals surface area contributed by atoms with Crippen molar-refractivity contribution < 1.29 is 18.0 Å². The monoisotopic (exact) mass is 625 g/mol. The van der Waals surface area contributed by atoms with Crippen molar-refractivity contribution in [3.63, 3.8) is 0 Å². The van der Waals surface area contributed by atoms with Crippen LogP contribution in [0.5, 0.6) is 0 Å². The lowest BCUT2D eigenvalue weighted by molar-refractivity contribution is -0.139. The zero-order valence-corrected chi connectivity index (χ0v) is 25.3. The summed E-state index contributed by atoms with van der Waals surface area (Å²) in [7, 11) is -4.08. The minimum absolute atomic E-state index is 0.0799. The van der Waals surface area contributed by atoms with Crippen molar-refractivity contribution in [2.24, 2.45) is 0 Å². The zero-order valence-electron chi connectivity index (χ0n) is 22.9. The Balaban J connectivity index is 1.67. The number of hydrogen-bond donors (Lipinski definition) is 1. The maximum absolute atomic E-state index is 14.1. The molecule has 9 heteroatoms. The number of nitrogens with one attached hydrogen (secondary N) is 1. The summed E-state index contributed by atoms with van der Waals surface area (Å²) >= 11 is 3.42. The number of nitrogens with zero attached hydrogens (tertiary/aromatic N) is 2. The fourth-order valence-corrected chi connectivity index (χ4v) is 6.82. The fraction of sp³-hybridized carbons (Fsp3) is 0.355. The number of benzene rings is 3. The third kappa shape index (κ3) is 7.31. The Hall–Kier alpha value is -3.17. The standard InChI is InChI=1S/C31H36BrN3O4S/c1-23-12-9-10-13-25(23)21-34(24(2)31(37)33-27-15-5-3-6-16-27)30(36)22-35(28-17-11-14-26(32)20-28)40(38,39)29-18-7-4-8-19-29/h4,7-14,17-20,24,27H,3,5-6,15-16,21-22H2,1-2H3,(H,33,37)/t24-/m0/s1. The van der Waals surface area contributed by atoms with Gasteiger partial charge in [-0.05, 0) is 68.1 Å². The van der Waals surface area contributed by atoms with Gasteiger partial charge in [0.25, 0.3) is 10.0 Å². The number of carbonyl (C=O) groups excluding carboxylic acids is 2. The van der Waals surface area contributed by atoms with Crippen molar-refractivity contribution in [1.82, 2.24) is 10.2 Å². The van der Waals surface area contributed by atoms with Gasteiger partial charge in [-0.25, -0.2) is 8.42 Å². The number of amides is 2. The maximum atomic E-state index is 14.1. The Kier molecular flexibility index (Phi) is 10.0. The molecule has 0 heterocycles. The van der Waals surface area contributed by atoms with E-state index in [1.165, 1.54) is 23.5 Å². The first-order chi connectivity index (χ1) is 19.2. The van der Waals surface area contributed by atoms with Gasteiger partial charge in [-0.3, -0.25) is 13.9 Å². The molecular weight excluding hydrogens is 590 g/mol. The van der Waals surface area contributed by atoms with E-state index >= 15 is 0 Å². The molecule has 3 aromatic rings. The van der Waals surface area contributed by atoms with Crippen LogP contribution in [0, 0.1) is 6.92 Å². The number of carbonyl (C=O) groups is 2. The van der Waals surface area contributed by atoms with Gasteiger partial charge in [0.1, 0.15) is 12.6 Å². The first-order valence-electron chi connectivity index (χ1n) is 13.6. The molecule has 1 saturated carbocycles. The molecule has 40 heavy (non-hydrogen) atoms. The summed E-state index contributed by atoms with van der Waals surface area (Å²) in [4.78, 5) is 29.1. The van der Waals surface area contributed by atoms with Gasteiger partial charge in [0, 0.05) is 17.1 Å². The highest BCUT2D eigenvalue weighted by Gasteiger charge is 2.33. The van der Waals surface area contributed by atoms with Crippen LogP contribution in [-0.4, -0.2) is 43.8 Å². The van der Waals surface area contributed by atoms with Crippen molar-refractivity contribution in [2.45, 2.75) is 69.5 Å². The third-order valence-electron chi connectivity index (χ3n) is 7.43. The predicted molar refractivity (Wildman–Crippen MR) is 161 cm³/mol. The molecule has 0 radical (unpaired) electrons. The van der Waals surface area contributed by atoms with Crippen LogP contribution in [0.3, 0.4) is 0 Å². The summed E-state index contributed by atoms with van der Waals surface area (Å²) in [6.45, 7) is 3.39.